The van der Waals surface area contributed by atoms with Crippen molar-refractivity contribution < 1.29 is 0 Å². The Balaban J connectivity index is 2.70. The van der Waals surface area contributed by atoms with Crippen molar-refractivity contribution >= 4 is 0 Å². The van der Waals surface area contributed by atoms with Gasteiger partial charge in [-0.05, 0) is 40.2 Å². The number of hydrogen-bond acceptors (Lipinski definition) is 1. The standard InChI is InChI=1S/C13H21N/c1-10-6-8-12(9-7-10)11(2)14-13(3,4)5/h6-9,11,14H,1-5H3/t11-/m0/s1. The average molecular weight is 191 g/mol. The highest BCUT2D eigenvalue weighted by Gasteiger charge is 2.14. The van der Waals surface area contributed by atoms with Gasteiger partial charge in [0.15, 0.2) is 0 Å². The van der Waals surface area contributed by atoms with Crippen LogP contribution in [0.2, 0.25) is 0 Å². The zero-order chi connectivity index (χ0) is 10.8. The van der Waals surface area contributed by atoms with Gasteiger partial charge < -0.3 is 5.32 Å². The summed E-state index contributed by atoms with van der Waals surface area (Å²) >= 11 is 0. The molecule has 1 heteroatoms. The predicted molar refractivity (Wildman–Crippen MR) is 62.5 cm³/mol. The van der Waals surface area contributed by atoms with E-state index in [2.05, 4.69) is 64.2 Å². The third kappa shape index (κ3) is 3.51. The minimum atomic E-state index is 0.171. The molecule has 0 spiro atoms. The summed E-state index contributed by atoms with van der Waals surface area (Å²) in [5.41, 5.74) is 2.84. The number of benzene rings is 1. The van der Waals surface area contributed by atoms with Crippen molar-refractivity contribution in [3.63, 3.8) is 0 Å². The molecule has 1 aromatic rings. The molecule has 0 heterocycles. The Morgan fingerprint density at radius 2 is 1.57 bits per heavy atom. The number of hydrogen-bond donors (Lipinski definition) is 1. The molecule has 1 N–H and O–H groups in total. The van der Waals surface area contributed by atoms with E-state index in [4.69, 9.17) is 0 Å². The Hall–Kier alpha value is -0.820. The smallest absolute Gasteiger partial charge is 0.0296 e. The van der Waals surface area contributed by atoms with Gasteiger partial charge >= 0.3 is 0 Å². The SMILES string of the molecule is Cc1ccc([C@H](C)NC(C)(C)C)cc1. The van der Waals surface area contributed by atoms with Crippen LogP contribution in [0.4, 0.5) is 0 Å². The van der Waals surface area contributed by atoms with Gasteiger partial charge in [0.05, 0.1) is 0 Å². The molecule has 0 aromatic heterocycles. The summed E-state index contributed by atoms with van der Waals surface area (Å²) in [6, 6.07) is 9.12. The van der Waals surface area contributed by atoms with Gasteiger partial charge in [-0.15, -0.1) is 0 Å². The number of nitrogens with one attached hydrogen (secondary N) is 1. The quantitative estimate of drug-likeness (QED) is 0.755. The van der Waals surface area contributed by atoms with Crippen LogP contribution in [-0.4, -0.2) is 5.54 Å². The largest absolute Gasteiger partial charge is 0.306 e. The highest BCUT2D eigenvalue weighted by molar-refractivity contribution is 5.23. The summed E-state index contributed by atoms with van der Waals surface area (Å²) < 4.78 is 0. The average Bonchev–Trinajstić information content (AvgIpc) is 2.02. The van der Waals surface area contributed by atoms with Gasteiger partial charge in [0.1, 0.15) is 0 Å². The molecule has 0 aliphatic carbocycles. The highest BCUT2D eigenvalue weighted by atomic mass is 15.0. The van der Waals surface area contributed by atoms with Gasteiger partial charge in [0.25, 0.3) is 0 Å². The van der Waals surface area contributed by atoms with E-state index >= 15 is 0 Å². The second-order valence-corrected chi connectivity index (χ2v) is 5.03. The molecule has 0 aliphatic rings. The lowest BCUT2D eigenvalue weighted by Gasteiger charge is -2.26. The molecule has 0 radical (unpaired) electrons. The van der Waals surface area contributed by atoms with Crippen LogP contribution < -0.4 is 5.32 Å². The van der Waals surface area contributed by atoms with E-state index in [1.807, 2.05) is 0 Å². The van der Waals surface area contributed by atoms with Gasteiger partial charge in [-0.2, -0.15) is 0 Å². The summed E-state index contributed by atoms with van der Waals surface area (Å²) in [6.07, 6.45) is 0. The zero-order valence-electron chi connectivity index (χ0n) is 9.89. The molecule has 1 nitrogen and oxygen atoms in total. The van der Waals surface area contributed by atoms with Crippen molar-refractivity contribution in [2.24, 2.45) is 0 Å². The summed E-state index contributed by atoms with van der Waals surface area (Å²) in [5, 5.41) is 3.55. The first kappa shape index (κ1) is 11.3. The minimum Gasteiger partial charge on any atom is -0.306 e. The van der Waals surface area contributed by atoms with Gasteiger partial charge in [-0.3, -0.25) is 0 Å². The monoisotopic (exact) mass is 191 g/mol. The lowest BCUT2D eigenvalue weighted by Crippen LogP contribution is -2.37. The number of rotatable bonds is 2. The van der Waals surface area contributed by atoms with E-state index in [0.717, 1.165) is 0 Å². The molecule has 14 heavy (non-hydrogen) atoms. The molecular formula is C13H21N. The molecule has 0 fully saturated rings. The predicted octanol–water partition coefficient (Wildman–Crippen LogP) is 3.44. The van der Waals surface area contributed by atoms with E-state index in [1.54, 1.807) is 0 Å². The van der Waals surface area contributed by atoms with Crippen LogP contribution in [0.5, 0.6) is 0 Å². The molecule has 1 atom stereocenters. The molecule has 78 valence electrons. The maximum atomic E-state index is 3.55. The van der Waals surface area contributed by atoms with Crippen LogP contribution in [0.1, 0.15) is 44.9 Å². The molecular weight excluding hydrogens is 170 g/mol. The maximum absolute atomic E-state index is 3.55. The van der Waals surface area contributed by atoms with Crippen LogP contribution in [0, 0.1) is 6.92 Å². The van der Waals surface area contributed by atoms with Crippen LogP contribution in [0.3, 0.4) is 0 Å². The first-order valence-corrected chi connectivity index (χ1v) is 5.23. The van der Waals surface area contributed by atoms with Crippen molar-refractivity contribution in [2.45, 2.75) is 46.2 Å². The number of aryl methyl sites for hydroxylation is 1. The normalized spacial score (nSPS) is 14.1. The van der Waals surface area contributed by atoms with Crippen molar-refractivity contribution in [3.8, 4) is 0 Å². The first-order valence-electron chi connectivity index (χ1n) is 5.23. The molecule has 0 saturated heterocycles. The molecule has 0 amide bonds. The lowest BCUT2D eigenvalue weighted by molar-refractivity contribution is 0.378. The Morgan fingerprint density at radius 1 is 1.07 bits per heavy atom. The maximum Gasteiger partial charge on any atom is 0.0296 e. The second-order valence-electron chi connectivity index (χ2n) is 5.03. The van der Waals surface area contributed by atoms with Crippen molar-refractivity contribution in [1.29, 1.82) is 0 Å². The van der Waals surface area contributed by atoms with E-state index in [9.17, 15) is 0 Å². The molecule has 1 rings (SSSR count). The summed E-state index contributed by atoms with van der Waals surface area (Å²) in [7, 11) is 0. The molecule has 0 aliphatic heterocycles. The van der Waals surface area contributed by atoms with Crippen molar-refractivity contribution in [1.82, 2.24) is 5.32 Å². The third-order valence-corrected chi connectivity index (χ3v) is 2.23. The van der Waals surface area contributed by atoms with E-state index in [-0.39, 0.29) is 5.54 Å². The molecule has 1 aromatic carbocycles. The van der Waals surface area contributed by atoms with Crippen LogP contribution in [0.25, 0.3) is 0 Å². The summed E-state index contributed by atoms with van der Waals surface area (Å²) in [5.74, 6) is 0. The highest BCUT2D eigenvalue weighted by Crippen LogP contribution is 2.16. The zero-order valence-corrected chi connectivity index (χ0v) is 9.89. The van der Waals surface area contributed by atoms with Gasteiger partial charge in [-0.25, -0.2) is 0 Å². The van der Waals surface area contributed by atoms with Crippen LogP contribution in [0.15, 0.2) is 24.3 Å². The van der Waals surface area contributed by atoms with Crippen molar-refractivity contribution in [3.05, 3.63) is 35.4 Å². The lowest BCUT2D eigenvalue weighted by atomic mass is 10.0. The summed E-state index contributed by atoms with van der Waals surface area (Å²) in [4.78, 5) is 0. The molecule has 0 bridgehead atoms. The van der Waals surface area contributed by atoms with Crippen LogP contribution in [-0.2, 0) is 0 Å². The van der Waals surface area contributed by atoms with Crippen molar-refractivity contribution in [2.75, 3.05) is 0 Å². The molecule has 0 unspecified atom stereocenters. The fourth-order valence-corrected chi connectivity index (χ4v) is 1.59. The minimum absolute atomic E-state index is 0.171. The van der Waals surface area contributed by atoms with Gasteiger partial charge in [0.2, 0.25) is 0 Å². The second kappa shape index (κ2) is 4.14. The van der Waals surface area contributed by atoms with E-state index in [1.165, 1.54) is 11.1 Å². The van der Waals surface area contributed by atoms with Gasteiger partial charge in [-0.1, -0.05) is 29.8 Å². The summed E-state index contributed by atoms with van der Waals surface area (Å²) in [6.45, 7) is 10.9. The van der Waals surface area contributed by atoms with E-state index in [0.29, 0.717) is 6.04 Å². The Labute approximate surface area is 87.5 Å². The fourth-order valence-electron chi connectivity index (χ4n) is 1.59. The Bertz CT molecular complexity index is 279. The van der Waals surface area contributed by atoms with E-state index < -0.39 is 0 Å². The first-order chi connectivity index (χ1) is 6.38. The fraction of sp³-hybridized carbons (Fsp3) is 0.538. The van der Waals surface area contributed by atoms with Crippen LogP contribution >= 0.6 is 0 Å². The Morgan fingerprint density at radius 3 is 2.00 bits per heavy atom. The third-order valence-electron chi connectivity index (χ3n) is 2.23. The topological polar surface area (TPSA) is 12.0 Å². The van der Waals surface area contributed by atoms with Gasteiger partial charge in [0, 0.05) is 11.6 Å². The Kier molecular flexibility index (Phi) is 3.33. The molecule has 0 saturated carbocycles.